The van der Waals surface area contributed by atoms with E-state index < -0.39 is 15.9 Å². The molecule has 0 aromatic heterocycles. The fraction of sp³-hybridized carbons (Fsp3) is 0.194. The fourth-order valence-corrected chi connectivity index (χ4v) is 4.97. The van der Waals surface area contributed by atoms with Crippen molar-refractivity contribution in [3.05, 3.63) is 119 Å². The van der Waals surface area contributed by atoms with Crippen molar-refractivity contribution in [3.63, 3.8) is 0 Å². The number of aryl methyl sites for hydroxylation is 2. The number of carbonyl (C=O) groups is 1. The van der Waals surface area contributed by atoms with Crippen molar-refractivity contribution in [2.24, 2.45) is 10.9 Å². The summed E-state index contributed by atoms with van der Waals surface area (Å²) < 4.78 is 31.7. The van der Waals surface area contributed by atoms with Gasteiger partial charge < -0.3 is 15.4 Å². The van der Waals surface area contributed by atoms with Crippen LogP contribution in [0, 0.1) is 13.8 Å². The van der Waals surface area contributed by atoms with Crippen LogP contribution in [0.3, 0.4) is 0 Å². The van der Waals surface area contributed by atoms with Gasteiger partial charge in [0, 0.05) is 18.7 Å². The molecule has 7 nitrogen and oxygen atoms in total. The summed E-state index contributed by atoms with van der Waals surface area (Å²) in [5, 5.41) is 5.63. The van der Waals surface area contributed by atoms with E-state index in [1.54, 1.807) is 30.3 Å². The molecule has 0 radical (unpaired) electrons. The molecule has 4 aromatic carbocycles. The van der Waals surface area contributed by atoms with Gasteiger partial charge in [-0.1, -0.05) is 77.9 Å². The van der Waals surface area contributed by atoms with Crippen LogP contribution in [0.4, 0.5) is 5.69 Å². The van der Waals surface area contributed by atoms with Gasteiger partial charge in [-0.25, -0.2) is 13.6 Å². The highest BCUT2D eigenvalue weighted by atomic mass is 32.2. The minimum atomic E-state index is -4.27. The Balaban J connectivity index is 1.81. The molecule has 0 atom stereocenters. The zero-order valence-corrected chi connectivity index (χ0v) is 22.9. The van der Waals surface area contributed by atoms with E-state index >= 15 is 0 Å². The molecule has 202 valence electrons. The molecule has 8 heteroatoms. The first kappa shape index (κ1) is 27.9. The van der Waals surface area contributed by atoms with Crippen LogP contribution in [0.5, 0.6) is 11.5 Å². The number of primary sulfonamides is 1. The minimum absolute atomic E-state index is 0.0325. The van der Waals surface area contributed by atoms with Gasteiger partial charge in [-0.3, -0.25) is 4.79 Å². The van der Waals surface area contributed by atoms with Crippen molar-refractivity contribution in [2.45, 2.75) is 31.6 Å². The number of sulfonamides is 1. The Morgan fingerprint density at radius 3 is 1.77 bits per heavy atom. The Morgan fingerprint density at radius 2 is 1.31 bits per heavy atom. The maximum absolute atomic E-state index is 12.7. The van der Waals surface area contributed by atoms with Crippen molar-refractivity contribution in [3.8, 4) is 11.5 Å². The Bertz CT molecular complexity index is 1490. The maximum Gasteiger partial charge on any atom is 0.248 e. The molecule has 0 saturated carbocycles. The highest BCUT2D eigenvalue weighted by Crippen LogP contribution is 2.39. The first-order valence-electron chi connectivity index (χ1n) is 12.7. The van der Waals surface area contributed by atoms with Gasteiger partial charge in [0.15, 0.2) is 5.75 Å². The number of hydrogen-bond donors (Lipinski definition) is 2. The number of carbonyl (C=O) groups excluding carboxylic acids is 1. The maximum atomic E-state index is 12.7. The first-order valence-corrected chi connectivity index (χ1v) is 14.2. The van der Waals surface area contributed by atoms with Gasteiger partial charge in [0.2, 0.25) is 15.9 Å². The monoisotopic (exact) mass is 543 g/mol. The lowest BCUT2D eigenvalue weighted by Crippen LogP contribution is -2.30. The average Bonchev–Trinajstić information content (AvgIpc) is 2.91. The molecule has 4 N–H and O–H groups in total. The number of amides is 1. The summed E-state index contributed by atoms with van der Waals surface area (Å²) in [6, 6.07) is 28.1. The van der Waals surface area contributed by atoms with E-state index in [0.717, 1.165) is 11.1 Å². The second kappa shape index (κ2) is 12.1. The molecule has 0 spiro atoms. The number of rotatable bonds is 11. The lowest BCUT2D eigenvalue weighted by Gasteiger charge is -2.28. The van der Waals surface area contributed by atoms with Gasteiger partial charge in [-0.2, -0.15) is 0 Å². The number of ether oxygens (including phenoxy) is 1. The van der Waals surface area contributed by atoms with Gasteiger partial charge in [0.25, 0.3) is 0 Å². The van der Waals surface area contributed by atoms with E-state index in [1.807, 2.05) is 24.8 Å². The number of anilines is 1. The smallest absolute Gasteiger partial charge is 0.248 e. The van der Waals surface area contributed by atoms with Gasteiger partial charge in [-0.05, 0) is 62.1 Å². The van der Waals surface area contributed by atoms with Gasteiger partial charge in [0.1, 0.15) is 10.6 Å². The Morgan fingerprint density at radius 1 is 0.795 bits per heavy atom. The van der Waals surface area contributed by atoms with Crippen LogP contribution < -0.4 is 20.5 Å². The highest BCUT2D eigenvalue weighted by Gasteiger charge is 2.26. The van der Waals surface area contributed by atoms with E-state index in [0.29, 0.717) is 37.4 Å². The molecule has 0 aliphatic heterocycles. The van der Waals surface area contributed by atoms with Gasteiger partial charge in [0.05, 0.1) is 5.69 Å². The van der Waals surface area contributed by atoms with Crippen molar-refractivity contribution < 1.29 is 17.9 Å². The predicted molar refractivity (Wildman–Crippen MR) is 155 cm³/mol. The van der Waals surface area contributed by atoms with E-state index in [4.69, 9.17) is 15.6 Å². The van der Waals surface area contributed by atoms with Crippen LogP contribution >= 0.6 is 0 Å². The SMILES string of the molecule is Cc1ccc(CCN(CCc2ccc(C)cc2)c2cc(C(N)=O)cc(S(N)(=O)=O)c2Oc2ccccc2)cc1. The molecule has 0 saturated heterocycles. The molecule has 0 unspecified atom stereocenters. The van der Waals surface area contributed by atoms with Crippen LogP contribution in [-0.2, 0) is 22.9 Å². The summed E-state index contributed by atoms with van der Waals surface area (Å²) >= 11 is 0. The quantitative estimate of drug-likeness (QED) is 0.272. The van der Waals surface area contributed by atoms with Crippen molar-refractivity contribution >= 4 is 21.6 Å². The summed E-state index contributed by atoms with van der Waals surface area (Å²) in [5.74, 6) is -0.265. The van der Waals surface area contributed by atoms with Crippen LogP contribution in [0.15, 0.2) is 95.9 Å². The average molecular weight is 544 g/mol. The van der Waals surface area contributed by atoms with Gasteiger partial charge >= 0.3 is 0 Å². The highest BCUT2D eigenvalue weighted by molar-refractivity contribution is 7.89. The van der Waals surface area contributed by atoms with Crippen LogP contribution in [0.2, 0.25) is 0 Å². The van der Waals surface area contributed by atoms with E-state index in [1.165, 1.54) is 17.2 Å². The molecular weight excluding hydrogens is 510 g/mol. The van der Waals surface area contributed by atoms with Crippen molar-refractivity contribution in [1.29, 1.82) is 0 Å². The van der Waals surface area contributed by atoms with Crippen LogP contribution in [-0.4, -0.2) is 27.4 Å². The van der Waals surface area contributed by atoms with Crippen molar-refractivity contribution in [2.75, 3.05) is 18.0 Å². The third-order valence-corrected chi connectivity index (χ3v) is 7.43. The number of benzene rings is 4. The Kier molecular flexibility index (Phi) is 8.69. The first-order chi connectivity index (χ1) is 18.6. The lowest BCUT2D eigenvalue weighted by atomic mass is 10.1. The number of nitrogens with zero attached hydrogens (tertiary/aromatic N) is 1. The molecule has 39 heavy (non-hydrogen) atoms. The molecule has 0 fully saturated rings. The minimum Gasteiger partial charge on any atom is -0.454 e. The number of primary amides is 1. The topological polar surface area (TPSA) is 116 Å². The van der Waals surface area contributed by atoms with E-state index in [-0.39, 0.29) is 16.2 Å². The standard InChI is InChI=1S/C31H33N3O4S/c1-22-8-12-24(13-9-22)16-18-34(19-17-25-14-10-23(2)11-15-25)28-20-26(31(32)35)21-29(39(33,36)37)30(28)38-27-6-4-3-5-7-27/h3-15,20-21H,16-19H2,1-2H3,(H2,32,35)(H2,33,36,37). The molecule has 0 aliphatic rings. The Labute approximate surface area is 230 Å². The van der Waals surface area contributed by atoms with Crippen LogP contribution in [0.25, 0.3) is 0 Å². The zero-order chi connectivity index (χ0) is 28.0. The van der Waals surface area contributed by atoms with Gasteiger partial charge in [-0.15, -0.1) is 0 Å². The summed E-state index contributed by atoms with van der Waals surface area (Å²) in [7, 11) is -4.27. The van der Waals surface area contributed by atoms with E-state index in [9.17, 15) is 13.2 Å². The Hall–Kier alpha value is -4.14. The third kappa shape index (κ3) is 7.46. The molecule has 4 aromatic rings. The largest absolute Gasteiger partial charge is 0.454 e. The van der Waals surface area contributed by atoms with Crippen molar-refractivity contribution in [1.82, 2.24) is 0 Å². The number of nitrogens with two attached hydrogens (primary N) is 2. The summed E-state index contributed by atoms with van der Waals surface area (Å²) in [5.41, 5.74) is 10.7. The fourth-order valence-electron chi connectivity index (χ4n) is 4.28. The number of para-hydroxylation sites is 1. The molecule has 4 rings (SSSR count). The summed E-state index contributed by atoms with van der Waals surface area (Å²) in [4.78, 5) is 14.0. The molecular formula is C31H33N3O4S. The second-order valence-electron chi connectivity index (χ2n) is 9.61. The lowest BCUT2D eigenvalue weighted by molar-refractivity contribution is 0.1000. The zero-order valence-electron chi connectivity index (χ0n) is 22.1. The second-order valence-corrected chi connectivity index (χ2v) is 11.1. The number of hydrogen-bond acceptors (Lipinski definition) is 5. The molecule has 0 bridgehead atoms. The molecule has 0 aliphatic carbocycles. The molecule has 0 heterocycles. The molecule has 1 amide bonds. The summed E-state index contributed by atoms with van der Waals surface area (Å²) in [6.07, 6.45) is 1.37. The third-order valence-electron chi connectivity index (χ3n) is 6.51. The summed E-state index contributed by atoms with van der Waals surface area (Å²) in [6.45, 7) is 5.14. The predicted octanol–water partition coefficient (Wildman–Crippen LogP) is 5.13. The van der Waals surface area contributed by atoms with Crippen LogP contribution in [0.1, 0.15) is 32.6 Å². The normalized spacial score (nSPS) is 11.3. The van der Waals surface area contributed by atoms with E-state index in [2.05, 4.69) is 48.5 Å².